The van der Waals surface area contributed by atoms with Crippen LogP contribution in [0, 0.1) is 11.2 Å². The molecule has 1 spiro atoms. The van der Waals surface area contributed by atoms with Crippen molar-refractivity contribution in [3.8, 4) is 0 Å². The Balaban J connectivity index is 1.34. The molecular formula is C24H27FN2O3. The Bertz CT molecular complexity index is 910. The lowest BCUT2D eigenvalue weighted by atomic mass is 9.69. The van der Waals surface area contributed by atoms with E-state index in [2.05, 4.69) is 5.32 Å². The van der Waals surface area contributed by atoms with Gasteiger partial charge in [0.15, 0.2) is 0 Å². The molecule has 0 saturated carbocycles. The van der Waals surface area contributed by atoms with E-state index in [1.54, 1.807) is 23.1 Å². The second kappa shape index (κ2) is 8.56. The molecule has 2 amide bonds. The Morgan fingerprint density at radius 1 is 1.10 bits per heavy atom. The van der Waals surface area contributed by atoms with Gasteiger partial charge in [0.1, 0.15) is 5.82 Å². The van der Waals surface area contributed by atoms with Gasteiger partial charge in [-0.2, -0.15) is 0 Å². The molecular weight excluding hydrogens is 383 g/mol. The lowest BCUT2D eigenvalue weighted by Gasteiger charge is -2.46. The fourth-order valence-electron chi connectivity index (χ4n) is 4.68. The summed E-state index contributed by atoms with van der Waals surface area (Å²) in [5.41, 5.74) is 0.808. The van der Waals surface area contributed by atoms with Crippen LogP contribution in [0.1, 0.15) is 42.9 Å². The molecule has 2 atom stereocenters. The van der Waals surface area contributed by atoms with Gasteiger partial charge in [0, 0.05) is 19.5 Å². The maximum atomic E-state index is 13.8. The predicted molar refractivity (Wildman–Crippen MR) is 111 cm³/mol. The average Bonchev–Trinajstić information content (AvgIpc) is 2.77. The van der Waals surface area contributed by atoms with Crippen molar-refractivity contribution in [1.29, 1.82) is 0 Å². The van der Waals surface area contributed by atoms with Gasteiger partial charge in [-0.25, -0.2) is 4.39 Å². The van der Waals surface area contributed by atoms with Crippen molar-refractivity contribution in [1.82, 2.24) is 10.2 Å². The number of aliphatic hydroxyl groups is 1. The van der Waals surface area contributed by atoms with Crippen LogP contribution >= 0.6 is 0 Å². The third kappa shape index (κ3) is 4.10. The van der Waals surface area contributed by atoms with E-state index in [9.17, 15) is 19.1 Å². The van der Waals surface area contributed by atoms with Crippen molar-refractivity contribution in [2.24, 2.45) is 5.41 Å². The molecule has 2 aromatic rings. The van der Waals surface area contributed by atoms with Gasteiger partial charge < -0.3 is 15.3 Å². The summed E-state index contributed by atoms with van der Waals surface area (Å²) in [5, 5.41) is 13.7. The number of rotatable bonds is 4. The zero-order valence-corrected chi connectivity index (χ0v) is 16.9. The van der Waals surface area contributed by atoms with Gasteiger partial charge in [-0.05, 0) is 42.9 Å². The molecule has 4 rings (SSSR count). The quantitative estimate of drug-likeness (QED) is 0.814. The van der Waals surface area contributed by atoms with E-state index in [-0.39, 0.29) is 24.1 Å². The molecule has 2 heterocycles. The van der Waals surface area contributed by atoms with Crippen LogP contribution in [0.3, 0.4) is 0 Å². The molecule has 0 aromatic heterocycles. The maximum absolute atomic E-state index is 13.8. The number of nitrogens with zero attached hydrogens (tertiary/aromatic N) is 1. The number of aryl methyl sites for hydroxylation is 1. The second-order valence-electron chi connectivity index (χ2n) is 8.39. The first-order valence-electron chi connectivity index (χ1n) is 10.5. The standard InChI is InChI=1S/C24H27FN2O3/c25-19-9-5-4-6-17(19)10-11-21(29)27-14-12-24(13-15-27)16-20(28)22(26-23(24)30)18-7-2-1-3-8-18/h1-9,20,22,28H,10-16H2,(H,26,30)/t20-,22+/m1/s1. The van der Waals surface area contributed by atoms with E-state index in [0.717, 1.165) is 5.56 Å². The number of likely N-dealkylation sites (tertiary alicyclic amines) is 1. The Hall–Kier alpha value is -2.73. The molecule has 2 aliphatic heterocycles. The van der Waals surface area contributed by atoms with Crippen LogP contribution < -0.4 is 5.32 Å². The molecule has 30 heavy (non-hydrogen) atoms. The largest absolute Gasteiger partial charge is 0.391 e. The topological polar surface area (TPSA) is 69.6 Å². The molecule has 0 aliphatic carbocycles. The number of nitrogens with one attached hydrogen (secondary N) is 1. The van der Waals surface area contributed by atoms with E-state index in [0.29, 0.717) is 44.3 Å². The fraction of sp³-hybridized carbons (Fsp3) is 0.417. The molecule has 6 heteroatoms. The lowest BCUT2D eigenvalue weighted by Crippen LogP contribution is -2.57. The fourth-order valence-corrected chi connectivity index (χ4v) is 4.68. The lowest BCUT2D eigenvalue weighted by molar-refractivity contribution is -0.148. The summed E-state index contributed by atoms with van der Waals surface area (Å²) >= 11 is 0. The highest BCUT2D eigenvalue weighted by Gasteiger charge is 2.49. The number of halogens is 1. The maximum Gasteiger partial charge on any atom is 0.227 e. The van der Waals surface area contributed by atoms with Crippen LogP contribution in [-0.2, 0) is 16.0 Å². The molecule has 2 fully saturated rings. The number of carbonyl (C=O) groups is 2. The molecule has 0 unspecified atom stereocenters. The molecule has 2 aliphatic rings. The van der Waals surface area contributed by atoms with Gasteiger partial charge in [-0.3, -0.25) is 9.59 Å². The van der Waals surface area contributed by atoms with E-state index < -0.39 is 17.6 Å². The molecule has 2 saturated heterocycles. The Labute approximate surface area is 175 Å². The third-order valence-corrected chi connectivity index (χ3v) is 6.55. The number of carbonyl (C=O) groups excluding carboxylic acids is 2. The number of hydrogen-bond acceptors (Lipinski definition) is 3. The molecule has 158 valence electrons. The van der Waals surface area contributed by atoms with E-state index in [1.165, 1.54) is 6.07 Å². The Kier molecular flexibility index (Phi) is 5.86. The van der Waals surface area contributed by atoms with Gasteiger partial charge in [0.05, 0.1) is 17.6 Å². The minimum atomic E-state index is -0.659. The number of aliphatic hydroxyl groups excluding tert-OH is 1. The highest BCUT2D eigenvalue weighted by atomic mass is 19.1. The Morgan fingerprint density at radius 3 is 2.47 bits per heavy atom. The molecule has 5 nitrogen and oxygen atoms in total. The number of benzene rings is 2. The first-order chi connectivity index (χ1) is 14.5. The Morgan fingerprint density at radius 2 is 1.77 bits per heavy atom. The number of hydrogen-bond donors (Lipinski definition) is 2. The smallest absolute Gasteiger partial charge is 0.227 e. The zero-order valence-electron chi connectivity index (χ0n) is 16.9. The van der Waals surface area contributed by atoms with Crippen LogP contribution in [0.25, 0.3) is 0 Å². The summed E-state index contributed by atoms with van der Waals surface area (Å²) in [5.74, 6) is -0.351. The van der Waals surface area contributed by atoms with Crippen molar-refractivity contribution in [3.63, 3.8) is 0 Å². The molecule has 0 bridgehead atoms. The van der Waals surface area contributed by atoms with Gasteiger partial charge >= 0.3 is 0 Å². The summed E-state index contributed by atoms with van der Waals surface area (Å²) in [6, 6.07) is 15.6. The number of amides is 2. The summed E-state index contributed by atoms with van der Waals surface area (Å²) in [4.78, 5) is 27.3. The first-order valence-corrected chi connectivity index (χ1v) is 10.5. The van der Waals surface area contributed by atoms with Crippen LogP contribution in [0.2, 0.25) is 0 Å². The van der Waals surface area contributed by atoms with Gasteiger partial charge in [-0.1, -0.05) is 48.5 Å². The monoisotopic (exact) mass is 410 g/mol. The minimum absolute atomic E-state index is 0.0213. The van der Waals surface area contributed by atoms with Gasteiger partial charge in [-0.15, -0.1) is 0 Å². The van der Waals surface area contributed by atoms with Crippen molar-refractivity contribution in [2.45, 2.75) is 44.2 Å². The van der Waals surface area contributed by atoms with Gasteiger partial charge in [0.2, 0.25) is 11.8 Å². The summed E-state index contributed by atoms with van der Waals surface area (Å²) < 4.78 is 13.8. The highest BCUT2D eigenvalue weighted by Crippen LogP contribution is 2.42. The van der Waals surface area contributed by atoms with Crippen LogP contribution in [0.5, 0.6) is 0 Å². The first kappa shape index (κ1) is 20.5. The SMILES string of the molecule is O=C(CCc1ccccc1F)N1CCC2(CC1)C[C@@H](O)[C@H](c1ccccc1)NC2=O. The highest BCUT2D eigenvalue weighted by molar-refractivity contribution is 5.85. The van der Waals surface area contributed by atoms with Crippen molar-refractivity contribution in [3.05, 3.63) is 71.5 Å². The third-order valence-electron chi connectivity index (χ3n) is 6.55. The zero-order chi connectivity index (χ0) is 21.1. The van der Waals surface area contributed by atoms with Crippen molar-refractivity contribution in [2.75, 3.05) is 13.1 Å². The predicted octanol–water partition coefficient (Wildman–Crippen LogP) is 2.99. The van der Waals surface area contributed by atoms with Crippen molar-refractivity contribution < 1.29 is 19.1 Å². The van der Waals surface area contributed by atoms with Crippen LogP contribution in [0.15, 0.2) is 54.6 Å². The van der Waals surface area contributed by atoms with E-state index in [1.807, 2.05) is 30.3 Å². The average molecular weight is 410 g/mol. The molecule has 2 aromatic carbocycles. The molecule has 0 radical (unpaired) electrons. The minimum Gasteiger partial charge on any atom is -0.391 e. The van der Waals surface area contributed by atoms with Crippen LogP contribution in [0.4, 0.5) is 4.39 Å². The summed E-state index contributed by atoms with van der Waals surface area (Å²) in [6.45, 7) is 0.957. The van der Waals surface area contributed by atoms with Crippen LogP contribution in [-0.4, -0.2) is 41.0 Å². The summed E-state index contributed by atoms with van der Waals surface area (Å²) in [6.07, 6.45) is 1.42. The summed E-state index contributed by atoms with van der Waals surface area (Å²) in [7, 11) is 0. The number of piperidine rings is 2. The van der Waals surface area contributed by atoms with Gasteiger partial charge in [0.25, 0.3) is 0 Å². The van der Waals surface area contributed by atoms with E-state index in [4.69, 9.17) is 0 Å². The van der Waals surface area contributed by atoms with E-state index >= 15 is 0 Å². The second-order valence-corrected chi connectivity index (χ2v) is 8.39. The molecule has 2 N–H and O–H groups in total. The normalized spacial score (nSPS) is 23.3. The van der Waals surface area contributed by atoms with Crippen molar-refractivity contribution >= 4 is 11.8 Å².